The minimum atomic E-state index is -4.20. The van der Waals surface area contributed by atoms with E-state index >= 15 is 0 Å². The quantitative estimate of drug-likeness (QED) is 0.567. The van der Waals surface area contributed by atoms with Crippen molar-refractivity contribution < 1.29 is 19.5 Å². The SMILES string of the molecule is CC(C)(C)c1cc(-c2ccncc2NCP(=O)(O)O)cc(C(C)(C)C)c1O. The van der Waals surface area contributed by atoms with Crippen LogP contribution in [-0.4, -0.2) is 26.2 Å². The first-order valence-electron chi connectivity index (χ1n) is 8.81. The number of rotatable bonds is 4. The van der Waals surface area contributed by atoms with Crippen molar-refractivity contribution in [1.82, 2.24) is 4.98 Å². The first-order chi connectivity index (χ1) is 12.2. The highest BCUT2D eigenvalue weighted by atomic mass is 31.2. The molecular weight excluding hydrogens is 363 g/mol. The Bertz CT molecular complexity index is 841. The van der Waals surface area contributed by atoms with Crippen LogP contribution in [0.25, 0.3) is 11.1 Å². The molecule has 148 valence electrons. The molecule has 0 bridgehead atoms. The third kappa shape index (κ3) is 5.32. The molecule has 7 heteroatoms. The number of phenols is 1. The van der Waals surface area contributed by atoms with Gasteiger partial charge in [-0.25, -0.2) is 0 Å². The molecule has 0 spiro atoms. The topological polar surface area (TPSA) is 103 Å². The van der Waals surface area contributed by atoms with Gasteiger partial charge in [0.2, 0.25) is 0 Å². The minimum absolute atomic E-state index is 0.271. The number of nitrogens with one attached hydrogen (secondary N) is 1. The zero-order chi connectivity index (χ0) is 20.6. The highest BCUT2D eigenvalue weighted by Crippen LogP contribution is 2.43. The van der Waals surface area contributed by atoms with Crippen LogP contribution in [-0.2, 0) is 15.4 Å². The maximum atomic E-state index is 11.2. The van der Waals surface area contributed by atoms with Gasteiger partial charge >= 0.3 is 7.60 Å². The molecule has 4 N–H and O–H groups in total. The Morgan fingerprint density at radius 2 is 1.56 bits per heavy atom. The van der Waals surface area contributed by atoms with Crippen molar-refractivity contribution >= 4 is 13.3 Å². The lowest BCUT2D eigenvalue weighted by Gasteiger charge is -2.28. The molecule has 2 aromatic rings. The van der Waals surface area contributed by atoms with Crippen LogP contribution in [0.3, 0.4) is 0 Å². The highest BCUT2D eigenvalue weighted by molar-refractivity contribution is 7.51. The number of phenolic OH excluding ortho intramolecular Hbond substituents is 1. The van der Waals surface area contributed by atoms with Crippen molar-refractivity contribution in [3.8, 4) is 16.9 Å². The maximum Gasteiger partial charge on any atom is 0.344 e. The molecule has 0 radical (unpaired) electrons. The molecular formula is C20H29N2O4P. The van der Waals surface area contributed by atoms with Crippen molar-refractivity contribution in [3.63, 3.8) is 0 Å². The van der Waals surface area contributed by atoms with Gasteiger partial charge in [0, 0.05) is 22.9 Å². The zero-order valence-corrected chi connectivity index (χ0v) is 17.6. The predicted octanol–water partition coefficient (Wildman–Crippen LogP) is 4.60. The summed E-state index contributed by atoms with van der Waals surface area (Å²) >= 11 is 0. The van der Waals surface area contributed by atoms with Gasteiger partial charge in [0.15, 0.2) is 0 Å². The van der Waals surface area contributed by atoms with Gasteiger partial charge in [0.1, 0.15) is 12.0 Å². The first kappa shape index (κ1) is 21.4. The second kappa shape index (κ2) is 7.27. The molecule has 6 nitrogen and oxygen atoms in total. The van der Waals surface area contributed by atoms with E-state index in [0.717, 1.165) is 22.3 Å². The fraction of sp³-hybridized carbons (Fsp3) is 0.450. The van der Waals surface area contributed by atoms with Gasteiger partial charge in [-0.05, 0) is 34.6 Å². The molecule has 2 rings (SSSR count). The molecule has 1 aromatic heterocycles. The lowest BCUT2D eigenvalue weighted by molar-refractivity contribution is 0.375. The first-order valence-corrected chi connectivity index (χ1v) is 10.6. The summed E-state index contributed by atoms with van der Waals surface area (Å²) in [4.78, 5) is 22.4. The van der Waals surface area contributed by atoms with Crippen LogP contribution in [0.5, 0.6) is 5.75 Å². The number of anilines is 1. The van der Waals surface area contributed by atoms with E-state index in [-0.39, 0.29) is 16.6 Å². The molecule has 0 fully saturated rings. The summed E-state index contributed by atoms with van der Waals surface area (Å²) in [7, 11) is -4.20. The van der Waals surface area contributed by atoms with Crippen LogP contribution >= 0.6 is 7.60 Å². The normalized spacial score (nSPS) is 12.9. The van der Waals surface area contributed by atoms with Crippen molar-refractivity contribution in [1.29, 1.82) is 0 Å². The Morgan fingerprint density at radius 1 is 1.04 bits per heavy atom. The summed E-state index contributed by atoms with van der Waals surface area (Å²) in [5.41, 5.74) is 3.27. The number of hydrogen-bond acceptors (Lipinski definition) is 4. The van der Waals surface area contributed by atoms with Crippen LogP contribution in [0.2, 0.25) is 0 Å². The second-order valence-corrected chi connectivity index (χ2v) is 10.5. The van der Waals surface area contributed by atoms with E-state index in [2.05, 4.69) is 10.3 Å². The van der Waals surface area contributed by atoms with Crippen molar-refractivity contribution in [2.45, 2.75) is 52.4 Å². The Balaban J connectivity index is 2.68. The Morgan fingerprint density at radius 3 is 2.00 bits per heavy atom. The standard InChI is InChI=1S/C20H29N2O4P/c1-19(2,3)15-9-13(10-16(18(15)23)20(4,5)6)14-7-8-21-11-17(14)22-12-27(24,25)26/h7-11,22-23H,12H2,1-6H3,(H2,24,25,26). The molecule has 0 aliphatic rings. The number of pyridine rings is 1. The van der Waals surface area contributed by atoms with Crippen molar-refractivity contribution in [2.75, 3.05) is 11.6 Å². The van der Waals surface area contributed by atoms with Gasteiger partial charge in [-0.2, -0.15) is 0 Å². The number of aromatic hydroxyl groups is 1. The van der Waals surface area contributed by atoms with E-state index in [1.807, 2.05) is 53.7 Å². The van der Waals surface area contributed by atoms with E-state index in [1.54, 1.807) is 18.5 Å². The van der Waals surface area contributed by atoms with E-state index in [9.17, 15) is 19.5 Å². The van der Waals surface area contributed by atoms with Crippen LogP contribution in [0.4, 0.5) is 5.69 Å². The van der Waals surface area contributed by atoms with E-state index in [0.29, 0.717) is 5.69 Å². The number of aromatic nitrogens is 1. The Hall–Kier alpha value is -1.88. The van der Waals surface area contributed by atoms with Crippen LogP contribution in [0, 0.1) is 0 Å². The van der Waals surface area contributed by atoms with Gasteiger partial charge < -0.3 is 20.2 Å². The minimum Gasteiger partial charge on any atom is -0.507 e. The second-order valence-electron chi connectivity index (χ2n) is 8.84. The molecule has 1 heterocycles. The van der Waals surface area contributed by atoms with Gasteiger partial charge in [0.05, 0.1) is 11.9 Å². The molecule has 27 heavy (non-hydrogen) atoms. The monoisotopic (exact) mass is 392 g/mol. The third-order valence-electron chi connectivity index (χ3n) is 4.33. The lowest BCUT2D eigenvalue weighted by atomic mass is 9.77. The smallest absolute Gasteiger partial charge is 0.344 e. The summed E-state index contributed by atoms with van der Waals surface area (Å²) in [5.74, 6) is 0.289. The lowest BCUT2D eigenvalue weighted by Crippen LogP contribution is -2.17. The summed E-state index contributed by atoms with van der Waals surface area (Å²) in [6, 6.07) is 5.67. The fourth-order valence-corrected chi connectivity index (χ4v) is 3.28. The highest BCUT2D eigenvalue weighted by Gasteiger charge is 2.27. The third-order valence-corrected chi connectivity index (χ3v) is 4.90. The van der Waals surface area contributed by atoms with Crippen LogP contribution < -0.4 is 5.32 Å². The zero-order valence-electron chi connectivity index (χ0n) is 16.7. The fourth-order valence-electron chi connectivity index (χ4n) is 2.91. The van der Waals surface area contributed by atoms with Crippen LogP contribution in [0.15, 0.2) is 30.6 Å². The predicted molar refractivity (Wildman–Crippen MR) is 109 cm³/mol. The molecule has 1 aromatic carbocycles. The summed E-state index contributed by atoms with van der Waals surface area (Å²) < 4.78 is 11.2. The maximum absolute atomic E-state index is 11.2. The molecule has 0 unspecified atom stereocenters. The van der Waals surface area contributed by atoms with Crippen molar-refractivity contribution in [3.05, 3.63) is 41.7 Å². The molecule has 0 saturated carbocycles. The van der Waals surface area contributed by atoms with Crippen molar-refractivity contribution in [2.24, 2.45) is 0 Å². The molecule has 0 atom stereocenters. The van der Waals surface area contributed by atoms with E-state index < -0.39 is 13.9 Å². The molecule has 0 aliphatic carbocycles. The van der Waals surface area contributed by atoms with E-state index in [1.165, 1.54) is 0 Å². The summed E-state index contributed by atoms with van der Waals surface area (Å²) in [6.07, 6.45) is 2.71. The molecule has 0 saturated heterocycles. The largest absolute Gasteiger partial charge is 0.507 e. The average Bonchev–Trinajstić information content (AvgIpc) is 2.50. The summed E-state index contributed by atoms with van der Waals surface area (Å²) in [5, 5.41) is 13.7. The van der Waals surface area contributed by atoms with Gasteiger partial charge in [-0.3, -0.25) is 9.55 Å². The van der Waals surface area contributed by atoms with E-state index in [4.69, 9.17) is 0 Å². The Labute approximate surface area is 160 Å². The van der Waals surface area contributed by atoms with Crippen LogP contribution in [0.1, 0.15) is 52.7 Å². The molecule has 0 amide bonds. The molecule has 0 aliphatic heterocycles. The average molecular weight is 392 g/mol. The number of hydrogen-bond donors (Lipinski definition) is 4. The van der Waals surface area contributed by atoms with Gasteiger partial charge in [-0.1, -0.05) is 41.5 Å². The summed E-state index contributed by atoms with van der Waals surface area (Å²) in [6.45, 7) is 12.2. The van der Waals surface area contributed by atoms with Gasteiger partial charge in [-0.15, -0.1) is 0 Å². The number of benzene rings is 1. The van der Waals surface area contributed by atoms with Gasteiger partial charge in [0.25, 0.3) is 0 Å². The number of nitrogens with zero attached hydrogens (tertiary/aromatic N) is 1. The Kier molecular flexibility index (Phi) is 5.77.